The molecule has 1 aliphatic rings. The minimum Gasteiger partial charge on any atom is -0.481 e. The summed E-state index contributed by atoms with van der Waals surface area (Å²) in [6.07, 6.45) is 0. The third-order valence-corrected chi connectivity index (χ3v) is 2.89. The van der Waals surface area contributed by atoms with E-state index in [1.165, 1.54) is 7.11 Å². The molecule has 0 aliphatic carbocycles. The number of nitrogens with two attached hydrogens (primary N) is 1. The van der Waals surface area contributed by atoms with Crippen molar-refractivity contribution in [3.8, 4) is 5.88 Å². The average Bonchev–Trinajstić information content (AvgIpc) is 2.45. The van der Waals surface area contributed by atoms with E-state index in [-0.39, 0.29) is 11.9 Å². The molecule has 1 saturated heterocycles. The summed E-state index contributed by atoms with van der Waals surface area (Å²) in [5.41, 5.74) is 5.64. The first kappa shape index (κ1) is 13.3. The molecule has 1 aromatic rings. The number of carbonyl (C=O) groups excluding carboxylic acids is 1. The molecular weight excluding hydrogens is 250 g/mol. The summed E-state index contributed by atoms with van der Waals surface area (Å²) in [5.74, 6) is 0.901. The van der Waals surface area contributed by atoms with E-state index in [1.54, 1.807) is 13.1 Å². The smallest absolute Gasteiger partial charge is 0.244 e. The first-order valence-corrected chi connectivity index (χ1v) is 5.90. The lowest BCUT2D eigenvalue weighted by atomic mass is 10.2. The van der Waals surface area contributed by atoms with E-state index in [0.29, 0.717) is 31.5 Å². The van der Waals surface area contributed by atoms with Crippen molar-refractivity contribution < 1.29 is 14.3 Å². The van der Waals surface area contributed by atoms with Crippen LogP contribution in [0.4, 0.5) is 11.8 Å². The van der Waals surface area contributed by atoms with Crippen LogP contribution in [0.15, 0.2) is 6.07 Å². The molecule has 1 aliphatic heterocycles. The Morgan fingerprint density at radius 2 is 2.42 bits per heavy atom. The first-order chi connectivity index (χ1) is 9.15. The topological polar surface area (TPSA) is 103 Å². The molecule has 1 aromatic heterocycles. The van der Waals surface area contributed by atoms with Gasteiger partial charge in [-0.25, -0.2) is 0 Å². The van der Waals surface area contributed by atoms with Crippen LogP contribution in [0.1, 0.15) is 0 Å². The number of aromatic nitrogens is 2. The highest BCUT2D eigenvalue weighted by molar-refractivity contribution is 5.85. The normalized spacial score (nSPS) is 19.1. The fraction of sp³-hybridized carbons (Fsp3) is 0.545. The molecule has 2 heterocycles. The Morgan fingerprint density at radius 1 is 1.63 bits per heavy atom. The number of methoxy groups -OCH3 is 1. The third-order valence-electron chi connectivity index (χ3n) is 2.89. The lowest BCUT2D eigenvalue weighted by molar-refractivity contribution is -0.124. The van der Waals surface area contributed by atoms with Crippen LogP contribution >= 0.6 is 0 Å². The molecule has 3 N–H and O–H groups in total. The number of rotatable bonds is 3. The number of nitrogens with zero attached hydrogens (tertiary/aromatic N) is 3. The van der Waals surface area contributed by atoms with Gasteiger partial charge in [0.1, 0.15) is 11.9 Å². The highest BCUT2D eigenvalue weighted by Crippen LogP contribution is 2.22. The number of nitrogen functional groups attached to an aromatic ring is 1. The number of hydrogen-bond acceptors (Lipinski definition) is 7. The predicted octanol–water partition coefficient (Wildman–Crippen LogP) is -0.981. The average molecular weight is 267 g/mol. The van der Waals surface area contributed by atoms with Gasteiger partial charge in [0.2, 0.25) is 17.7 Å². The number of ether oxygens (including phenoxy) is 2. The van der Waals surface area contributed by atoms with Gasteiger partial charge in [-0.05, 0) is 0 Å². The summed E-state index contributed by atoms with van der Waals surface area (Å²) < 4.78 is 10.4. The fourth-order valence-electron chi connectivity index (χ4n) is 1.94. The molecule has 0 spiro atoms. The zero-order valence-corrected chi connectivity index (χ0v) is 10.9. The summed E-state index contributed by atoms with van der Waals surface area (Å²) in [5, 5.41) is 2.61. The molecule has 19 heavy (non-hydrogen) atoms. The van der Waals surface area contributed by atoms with Crippen molar-refractivity contribution in [1.29, 1.82) is 0 Å². The summed E-state index contributed by atoms with van der Waals surface area (Å²) in [7, 11) is 3.09. The van der Waals surface area contributed by atoms with Crippen LogP contribution in [0.25, 0.3) is 0 Å². The molecule has 1 atom stereocenters. The van der Waals surface area contributed by atoms with E-state index in [9.17, 15) is 4.79 Å². The van der Waals surface area contributed by atoms with Crippen LogP contribution in [0.3, 0.4) is 0 Å². The second kappa shape index (κ2) is 5.70. The van der Waals surface area contributed by atoms with E-state index in [2.05, 4.69) is 15.3 Å². The van der Waals surface area contributed by atoms with E-state index < -0.39 is 6.04 Å². The van der Waals surface area contributed by atoms with Crippen molar-refractivity contribution in [1.82, 2.24) is 15.3 Å². The monoisotopic (exact) mass is 267 g/mol. The van der Waals surface area contributed by atoms with Gasteiger partial charge in [-0.2, -0.15) is 9.97 Å². The Morgan fingerprint density at radius 3 is 3.11 bits per heavy atom. The number of anilines is 2. The highest BCUT2D eigenvalue weighted by atomic mass is 16.5. The van der Waals surface area contributed by atoms with Crippen molar-refractivity contribution in [2.24, 2.45) is 0 Å². The van der Waals surface area contributed by atoms with Crippen molar-refractivity contribution in [3.05, 3.63) is 6.07 Å². The van der Waals surface area contributed by atoms with Crippen LogP contribution in [-0.4, -0.2) is 55.8 Å². The quantitative estimate of drug-likeness (QED) is 0.725. The second-order valence-electron chi connectivity index (χ2n) is 4.03. The zero-order valence-electron chi connectivity index (χ0n) is 10.9. The van der Waals surface area contributed by atoms with Crippen molar-refractivity contribution in [3.63, 3.8) is 0 Å². The number of hydrogen-bond donors (Lipinski definition) is 2. The summed E-state index contributed by atoms with van der Waals surface area (Å²) in [6, 6.07) is 1.22. The van der Waals surface area contributed by atoms with E-state index in [0.717, 1.165) is 0 Å². The Labute approximate surface area is 110 Å². The van der Waals surface area contributed by atoms with E-state index >= 15 is 0 Å². The van der Waals surface area contributed by atoms with Gasteiger partial charge in [-0.1, -0.05) is 0 Å². The molecule has 2 rings (SSSR count). The maximum atomic E-state index is 11.9. The number of nitrogens with one attached hydrogen (secondary N) is 1. The van der Waals surface area contributed by atoms with Crippen LogP contribution in [0.2, 0.25) is 0 Å². The summed E-state index contributed by atoms with van der Waals surface area (Å²) in [4.78, 5) is 21.8. The fourth-order valence-corrected chi connectivity index (χ4v) is 1.94. The Balaban J connectivity index is 2.31. The number of amides is 1. The van der Waals surface area contributed by atoms with Crippen molar-refractivity contribution in [2.45, 2.75) is 6.04 Å². The van der Waals surface area contributed by atoms with Gasteiger partial charge < -0.3 is 25.4 Å². The van der Waals surface area contributed by atoms with Gasteiger partial charge in [0.05, 0.1) is 20.3 Å². The SMILES string of the molecule is CNC(=O)C1COCCN1c1cc(OC)nc(N)n1. The number of likely N-dealkylation sites (N-methyl/N-ethyl adjacent to an activating group) is 1. The zero-order chi connectivity index (χ0) is 13.8. The first-order valence-electron chi connectivity index (χ1n) is 5.90. The van der Waals surface area contributed by atoms with Gasteiger partial charge >= 0.3 is 0 Å². The Hall–Kier alpha value is -2.09. The largest absolute Gasteiger partial charge is 0.481 e. The molecule has 8 nitrogen and oxygen atoms in total. The highest BCUT2D eigenvalue weighted by Gasteiger charge is 2.30. The minimum atomic E-state index is -0.433. The molecule has 8 heteroatoms. The van der Waals surface area contributed by atoms with Crippen LogP contribution in [-0.2, 0) is 9.53 Å². The molecule has 0 radical (unpaired) electrons. The molecule has 1 fully saturated rings. The van der Waals surface area contributed by atoms with Crippen molar-refractivity contribution in [2.75, 3.05) is 44.5 Å². The van der Waals surface area contributed by atoms with E-state index in [4.69, 9.17) is 15.2 Å². The molecule has 1 amide bonds. The van der Waals surface area contributed by atoms with Gasteiger partial charge in [0.25, 0.3) is 0 Å². The predicted molar refractivity (Wildman–Crippen MR) is 69.0 cm³/mol. The maximum Gasteiger partial charge on any atom is 0.244 e. The minimum absolute atomic E-state index is 0.108. The number of morpholine rings is 1. The molecule has 1 unspecified atom stereocenters. The molecule has 0 bridgehead atoms. The Bertz CT molecular complexity index is 468. The van der Waals surface area contributed by atoms with Gasteiger partial charge in [-0.15, -0.1) is 0 Å². The van der Waals surface area contributed by atoms with Gasteiger partial charge in [0, 0.05) is 19.7 Å². The van der Waals surface area contributed by atoms with Crippen LogP contribution in [0, 0.1) is 0 Å². The standard InChI is InChI=1S/C11H17N5O3/c1-13-10(17)7-6-19-4-3-16(7)8-5-9(18-2)15-11(12)14-8/h5,7H,3-4,6H2,1-2H3,(H,13,17)(H2,12,14,15). The molecular formula is C11H17N5O3. The van der Waals surface area contributed by atoms with Crippen molar-refractivity contribution >= 4 is 17.7 Å². The molecule has 0 saturated carbocycles. The molecule has 0 aromatic carbocycles. The maximum absolute atomic E-state index is 11.9. The second-order valence-corrected chi connectivity index (χ2v) is 4.03. The lowest BCUT2D eigenvalue weighted by Crippen LogP contribution is -2.53. The summed E-state index contributed by atoms with van der Waals surface area (Å²) >= 11 is 0. The van der Waals surface area contributed by atoms with Gasteiger partial charge in [-0.3, -0.25) is 4.79 Å². The Kier molecular flexibility index (Phi) is 4.00. The van der Waals surface area contributed by atoms with Crippen LogP contribution in [0.5, 0.6) is 5.88 Å². The third kappa shape index (κ3) is 2.84. The van der Waals surface area contributed by atoms with Gasteiger partial charge in [0.15, 0.2) is 0 Å². The van der Waals surface area contributed by atoms with Crippen LogP contribution < -0.4 is 20.7 Å². The number of carbonyl (C=O) groups is 1. The molecule has 104 valence electrons. The summed E-state index contributed by atoms with van der Waals surface area (Å²) in [6.45, 7) is 1.39. The van der Waals surface area contributed by atoms with E-state index in [1.807, 2.05) is 4.90 Å². The lowest BCUT2D eigenvalue weighted by Gasteiger charge is -2.35.